The molecule has 3 aromatic rings. The Morgan fingerprint density at radius 2 is 1.80 bits per heavy atom. The Labute approximate surface area is 179 Å². The Morgan fingerprint density at radius 1 is 0.967 bits per heavy atom. The van der Waals surface area contributed by atoms with Crippen LogP contribution in [-0.2, 0) is 19.6 Å². The molecule has 30 heavy (non-hydrogen) atoms. The van der Waals surface area contributed by atoms with E-state index in [4.69, 9.17) is 14.5 Å². The van der Waals surface area contributed by atoms with Gasteiger partial charge in [-0.1, -0.05) is 56.7 Å². The van der Waals surface area contributed by atoms with Crippen LogP contribution in [0.3, 0.4) is 0 Å². The SMILES string of the molecule is CCCCn1c(CN(CCC)Cc2ccc3c(c2)OCO3)cnc1-c1ccccc1. The number of rotatable bonds is 10. The molecule has 0 saturated heterocycles. The van der Waals surface area contributed by atoms with Crippen LogP contribution in [0.1, 0.15) is 44.4 Å². The third-order valence-electron chi connectivity index (χ3n) is 5.47. The fourth-order valence-corrected chi connectivity index (χ4v) is 3.98. The van der Waals surface area contributed by atoms with E-state index in [1.54, 1.807) is 0 Å². The number of imidazole rings is 1. The van der Waals surface area contributed by atoms with E-state index >= 15 is 0 Å². The zero-order valence-electron chi connectivity index (χ0n) is 18.0. The lowest BCUT2D eigenvalue weighted by Gasteiger charge is -2.23. The lowest BCUT2D eigenvalue weighted by Crippen LogP contribution is -2.25. The van der Waals surface area contributed by atoms with E-state index in [0.29, 0.717) is 6.79 Å². The average Bonchev–Trinajstić information content (AvgIpc) is 3.39. The summed E-state index contributed by atoms with van der Waals surface area (Å²) in [6, 6.07) is 16.8. The predicted molar refractivity (Wildman–Crippen MR) is 120 cm³/mol. The number of unbranched alkanes of at least 4 members (excludes halogenated alkanes) is 1. The molecule has 0 fully saturated rings. The van der Waals surface area contributed by atoms with Gasteiger partial charge in [-0.05, 0) is 37.1 Å². The Kier molecular flexibility index (Phi) is 6.70. The summed E-state index contributed by atoms with van der Waals surface area (Å²) in [5.74, 6) is 2.76. The van der Waals surface area contributed by atoms with Crippen molar-refractivity contribution in [3.05, 3.63) is 66.0 Å². The maximum atomic E-state index is 5.56. The van der Waals surface area contributed by atoms with Gasteiger partial charge in [0.05, 0.1) is 11.9 Å². The van der Waals surface area contributed by atoms with Crippen LogP contribution in [0.15, 0.2) is 54.7 Å². The predicted octanol–water partition coefficient (Wildman–Crippen LogP) is 5.49. The van der Waals surface area contributed by atoms with Crippen LogP contribution in [0.5, 0.6) is 11.5 Å². The zero-order chi connectivity index (χ0) is 20.8. The molecular formula is C25H31N3O2. The van der Waals surface area contributed by atoms with Crippen molar-refractivity contribution in [2.75, 3.05) is 13.3 Å². The van der Waals surface area contributed by atoms with E-state index < -0.39 is 0 Å². The van der Waals surface area contributed by atoms with E-state index in [-0.39, 0.29) is 0 Å². The van der Waals surface area contributed by atoms with Crippen LogP contribution in [0.2, 0.25) is 0 Å². The van der Waals surface area contributed by atoms with Gasteiger partial charge in [-0.15, -0.1) is 0 Å². The van der Waals surface area contributed by atoms with Gasteiger partial charge in [-0.3, -0.25) is 4.90 Å². The number of aromatic nitrogens is 2. The molecule has 2 aromatic carbocycles. The number of hydrogen-bond donors (Lipinski definition) is 0. The highest BCUT2D eigenvalue weighted by Crippen LogP contribution is 2.33. The summed E-state index contributed by atoms with van der Waals surface area (Å²) < 4.78 is 13.4. The molecular weight excluding hydrogens is 374 g/mol. The summed E-state index contributed by atoms with van der Waals surface area (Å²) in [5.41, 5.74) is 3.70. The highest BCUT2D eigenvalue weighted by molar-refractivity contribution is 5.55. The smallest absolute Gasteiger partial charge is 0.231 e. The molecule has 0 amide bonds. The largest absolute Gasteiger partial charge is 0.454 e. The lowest BCUT2D eigenvalue weighted by molar-refractivity contribution is 0.174. The number of fused-ring (bicyclic) bond motifs is 1. The first kappa shape index (κ1) is 20.5. The van der Waals surface area contributed by atoms with Crippen LogP contribution in [0.4, 0.5) is 0 Å². The monoisotopic (exact) mass is 405 g/mol. The minimum absolute atomic E-state index is 0.316. The molecule has 0 atom stereocenters. The van der Waals surface area contributed by atoms with Crippen LogP contribution < -0.4 is 9.47 Å². The molecule has 158 valence electrons. The quantitative estimate of drug-likeness (QED) is 0.447. The fourth-order valence-electron chi connectivity index (χ4n) is 3.98. The van der Waals surface area contributed by atoms with Gasteiger partial charge in [0.15, 0.2) is 11.5 Å². The summed E-state index contributed by atoms with van der Waals surface area (Å²) in [4.78, 5) is 7.30. The van der Waals surface area contributed by atoms with Gasteiger partial charge < -0.3 is 14.0 Å². The summed E-state index contributed by atoms with van der Waals surface area (Å²) in [6.45, 7) is 8.58. The van der Waals surface area contributed by atoms with Crippen LogP contribution >= 0.6 is 0 Å². The molecule has 1 aromatic heterocycles. The summed E-state index contributed by atoms with van der Waals surface area (Å²) in [5, 5.41) is 0. The highest BCUT2D eigenvalue weighted by Gasteiger charge is 2.17. The van der Waals surface area contributed by atoms with Crippen molar-refractivity contribution in [2.24, 2.45) is 0 Å². The van der Waals surface area contributed by atoms with Crippen molar-refractivity contribution >= 4 is 0 Å². The van der Waals surface area contributed by atoms with Gasteiger partial charge in [-0.25, -0.2) is 4.98 Å². The number of ether oxygens (including phenoxy) is 2. The molecule has 0 N–H and O–H groups in total. The third kappa shape index (κ3) is 4.68. The molecule has 0 spiro atoms. The molecule has 0 unspecified atom stereocenters. The number of benzene rings is 2. The second-order valence-electron chi connectivity index (χ2n) is 7.84. The van der Waals surface area contributed by atoms with Gasteiger partial charge in [0.2, 0.25) is 6.79 Å². The molecule has 4 rings (SSSR count). The molecule has 1 aliphatic heterocycles. The van der Waals surface area contributed by atoms with Crippen LogP contribution in [-0.4, -0.2) is 27.8 Å². The van der Waals surface area contributed by atoms with Gasteiger partial charge >= 0.3 is 0 Å². The number of hydrogen-bond acceptors (Lipinski definition) is 4. The average molecular weight is 406 g/mol. The first-order valence-corrected chi connectivity index (χ1v) is 11.0. The summed E-state index contributed by atoms with van der Waals surface area (Å²) in [7, 11) is 0. The molecule has 0 radical (unpaired) electrons. The molecule has 5 nitrogen and oxygen atoms in total. The van der Waals surface area contributed by atoms with Crippen molar-refractivity contribution < 1.29 is 9.47 Å². The maximum Gasteiger partial charge on any atom is 0.231 e. The van der Waals surface area contributed by atoms with Crippen molar-refractivity contribution in [1.82, 2.24) is 14.5 Å². The van der Waals surface area contributed by atoms with E-state index in [9.17, 15) is 0 Å². The Balaban J connectivity index is 1.56. The molecule has 0 saturated carbocycles. The molecule has 0 aliphatic carbocycles. The minimum Gasteiger partial charge on any atom is -0.454 e. The molecule has 1 aliphatic rings. The molecule has 5 heteroatoms. The maximum absolute atomic E-state index is 5.56. The van der Waals surface area contributed by atoms with Crippen LogP contribution in [0.25, 0.3) is 11.4 Å². The Hall–Kier alpha value is -2.79. The van der Waals surface area contributed by atoms with Gasteiger partial charge in [-0.2, -0.15) is 0 Å². The molecule has 2 heterocycles. The highest BCUT2D eigenvalue weighted by atomic mass is 16.7. The first-order chi connectivity index (χ1) is 14.8. The Bertz CT molecular complexity index is 952. The van der Waals surface area contributed by atoms with Gasteiger partial charge in [0.1, 0.15) is 5.82 Å². The van der Waals surface area contributed by atoms with Crippen molar-refractivity contribution in [2.45, 2.75) is 52.7 Å². The van der Waals surface area contributed by atoms with Crippen molar-refractivity contribution in [3.8, 4) is 22.9 Å². The second-order valence-corrected chi connectivity index (χ2v) is 7.84. The zero-order valence-corrected chi connectivity index (χ0v) is 18.0. The summed E-state index contributed by atoms with van der Waals surface area (Å²) >= 11 is 0. The first-order valence-electron chi connectivity index (χ1n) is 11.0. The van der Waals surface area contributed by atoms with E-state index in [0.717, 1.165) is 56.3 Å². The van der Waals surface area contributed by atoms with E-state index in [1.807, 2.05) is 6.07 Å². The summed E-state index contributed by atoms with van der Waals surface area (Å²) in [6.07, 6.45) is 5.49. The third-order valence-corrected chi connectivity index (χ3v) is 5.47. The minimum atomic E-state index is 0.316. The standard InChI is InChI=1S/C25H31N3O2/c1-3-5-14-28-22(16-26-25(28)21-9-7-6-8-10-21)18-27(13-4-2)17-20-11-12-23-24(15-20)30-19-29-23/h6-12,15-16H,3-5,13-14,17-19H2,1-2H3. The van der Waals surface area contributed by atoms with Crippen LogP contribution in [0, 0.1) is 0 Å². The normalized spacial score (nSPS) is 12.6. The van der Waals surface area contributed by atoms with Crippen molar-refractivity contribution in [1.29, 1.82) is 0 Å². The Morgan fingerprint density at radius 3 is 2.60 bits per heavy atom. The molecule has 0 bridgehead atoms. The van der Waals surface area contributed by atoms with E-state index in [2.05, 4.69) is 72.0 Å². The van der Waals surface area contributed by atoms with Gasteiger partial charge in [0, 0.05) is 25.2 Å². The second kappa shape index (κ2) is 9.81. The topological polar surface area (TPSA) is 39.5 Å². The van der Waals surface area contributed by atoms with E-state index in [1.165, 1.54) is 23.2 Å². The lowest BCUT2D eigenvalue weighted by atomic mass is 10.1. The fraction of sp³-hybridized carbons (Fsp3) is 0.400. The number of nitrogens with zero attached hydrogens (tertiary/aromatic N) is 3. The van der Waals surface area contributed by atoms with Crippen molar-refractivity contribution in [3.63, 3.8) is 0 Å². The van der Waals surface area contributed by atoms with Gasteiger partial charge in [0.25, 0.3) is 0 Å².